The SMILES string of the molecule is CC(C)(C)c1cc(CS)c2cccc(F)c2n1. The van der Waals surface area contributed by atoms with Crippen LogP contribution in [0.1, 0.15) is 32.0 Å². The molecule has 0 aliphatic carbocycles. The Morgan fingerprint density at radius 3 is 2.59 bits per heavy atom. The first kappa shape index (κ1) is 12.4. The van der Waals surface area contributed by atoms with Gasteiger partial charge in [0.2, 0.25) is 0 Å². The van der Waals surface area contributed by atoms with Gasteiger partial charge in [0.05, 0.1) is 0 Å². The predicted molar refractivity (Wildman–Crippen MR) is 73.1 cm³/mol. The molecule has 0 saturated heterocycles. The van der Waals surface area contributed by atoms with Gasteiger partial charge in [-0.1, -0.05) is 32.9 Å². The summed E-state index contributed by atoms with van der Waals surface area (Å²) in [7, 11) is 0. The van der Waals surface area contributed by atoms with Crippen LogP contribution >= 0.6 is 12.6 Å². The van der Waals surface area contributed by atoms with Crippen LogP contribution in [0.5, 0.6) is 0 Å². The van der Waals surface area contributed by atoms with Crippen LogP contribution in [-0.4, -0.2) is 4.98 Å². The van der Waals surface area contributed by atoms with Crippen molar-refractivity contribution in [2.45, 2.75) is 31.9 Å². The highest BCUT2D eigenvalue weighted by Crippen LogP contribution is 2.28. The molecule has 0 radical (unpaired) electrons. The van der Waals surface area contributed by atoms with E-state index in [1.54, 1.807) is 6.07 Å². The number of hydrogen-bond donors (Lipinski definition) is 1. The van der Waals surface area contributed by atoms with Crippen molar-refractivity contribution in [3.8, 4) is 0 Å². The van der Waals surface area contributed by atoms with Crippen molar-refractivity contribution in [3.05, 3.63) is 41.3 Å². The van der Waals surface area contributed by atoms with Gasteiger partial charge >= 0.3 is 0 Å². The summed E-state index contributed by atoms with van der Waals surface area (Å²) in [5, 5.41) is 0.855. The lowest BCUT2D eigenvalue weighted by atomic mass is 9.90. The number of thiol groups is 1. The number of rotatable bonds is 1. The lowest BCUT2D eigenvalue weighted by molar-refractivity contribution is 0.568. The topological polar surface area (TPSA) is 12.9 Å². The van der Waals surface area contributed by atoms with E-state index in [1.165, 1.54) is 6.07 Å². The van der Waals surface area contributed by atoms with Crippen LogP contribution in [0.4, 0.5) is 4.39 Å². The lowest BCUT2D eigenvalue weighted by Gasteiger charge is -2.19. The van der Waals surface area contributed by atoms with Crippen LogP contribution in [-0.2, 0) is 11.2 Å². The standard InChI is InChI=1S/C14H16FNS/c1-14(2,3)12-7-9(8-17)10-5-4-6-11(15)13(10)16-12/h4-7,17H,8H2,1-3H3. The van der Waals surface area contributed by atoms with Crippen LogP contribution < -0.4 is 0 Å². The maximum absolute atomic E-state index is 13.8. The molecule has 0 atom stereocenters. The van der Waals surface area contributed by atoms with Crippen molar-refractivity contribution >= 4 is 23.5 Å². The maximum Gasteiger partial charge on any atom is 0.149 e. The Hall–Kier alpha value is -1.09. The summed E-state index contributed by atoms with van der Waals surface area (Å²) in [4.78, 5) is 4.45. The second-order valence-electron chi connectivity index (χ2n) is 5.21. The summed E-state index contributed by atoms with van der Waals surface area (Å²) in [6.45, 7) is 6.22. The van der Waals surface area contributed by atoms with Crippen molar-refractivity contribution in [3.63, 3.8) is 0 Å². The summed E-state index contributed by atoms with van der Waals surface area (Å²) in [5.41, 5.74) is 2.29. The average molecular weight is 249 g/mol. The Bertz CT molecular complexity index is 558. The molecule has 0 aliphatic rings. The number of nitrogens with zero attached hydrogens (tertiary/aromatic N) is 1. The van der Waals surface area contributed by atoms with E-state index in [2.05, 4.69) is 38.4 Å². The molecule has 0 bridgehead atoms. The molecule has 1 aromatic heterocycles. The number of aromatic nitrogens is 1. The first-order valence-electron chi connectivity index (χ1n) is 5.63. The Kier molecular flexibility index (Phi) is 3.13. The highest BCUT2D eigenvalue weighted by atomic mass is 32.1. The second-order valence-corrected chi connectivity index (χ2v) is 5.53. The highest BCUT2D eigenvalue weighted by molar-refractivity contribution is 7.79. The van der Waals surface area contributed by atoms with Crippen LogP contribution in [0, 0.1) is 5.82 Å². The molecule has 1 aromatic carbocycles. The molecule has 90 valence electrons. The summed E-state index contributed by atoms with van der Waals surface area (Å²) in [5.74, 6) is 0.322. The highest BCUT2D eigenvalue weighted by Gasteiger charge is 2.18. The van der Waals surface area contributed by atoms with Gasteiger partial charge in [-0.3, -0.25) is 0 Å². The van der Waals surface area contributed by atoms with Gasteiger partial charge in [0.15, 0.2) is 0 Å². The van der Waals surface area contributed by atoms with E-state index in [9.17, 15) is 4.39 Å². The smallest absolute Gasteiger partial charge is 0.149 e. The second kappa shape index (κ2) is 4.30. The van der Waals surface area contributed by atoms with Gasteiger partial charge in [-0.25, -0.2) is 9.37 Å². The minimum absolute atomic E-state index is 0.0891. The van der Waals surface area contributed by atoms with E-state index in [0.717, 1.165) is 16.6 Å². The zero-order valence-electron chi connectivity index (χ0n) is 10.3. The Morgan fingerprint density at radius 2 is 2.00 bits per heavy atom. The number of pyridine rings is 1. The fourth-order valence-corrected chi connectivity index (χ4v) is 2.06. The van der Waals surface area contributed by atoms with Crippen molar-refractivity contribution in [2.75, 3.05) is 0 Å². The third kappa shape index (κ3) is 2.29. The van der Waals surface area contributed by atoms with Crippen molar-refractivity contribution in [2.24, 2.45) is 0 Å². The van der Waals surface area contributed by atoms with E-state index in [1.807, 2.05) is 12.1 Å². The molecule has 0 unspecified atom stereocenters. The van der Waals surface area contributed by atoms with Gasteiger partial charge in [0.25, 0.3) is 0 Å². The van der Waals surface area contributed by atoms with Crippen molar-refractivity contribution in [1.29, 1.82) is 0 Å². The number of halogens is 1. The summed E-state index contributed by atoms with van der Waals surface area (Å²) in [6.07, 6.45) is 0. The van der Waals surface area contributed by atoms with Crippen molar-refractivity contribution in [1.82, 2.24) is 4.98 Å². The molecular formula is C14H16FNS. The summed E-state index contributed by atoms with van der Waals surface area (Å²) in [6, 6.07) is 7.07. The van der Waals surface area contributed by atoms with E-state index in [-0.39, 0.29) is 11.2 Å². The molecule has 0 saturated carbocycles. The number of hydrogen-bond acceptors (Lipinski definition) is 2. The van der Waals surface area contributed by atoms with Crippen LogP contribution in [0.25, 0.3) is 10.9 Å². The Morgan fingerprint density at radius 1 is 1.29 bits per heavy atom. The molecule has 2 rings (SSSR count). The third-order valence-electron chi connectivity index (χ3n) is 2.81. The largest absolute Gasteiger partial charge is 0.249 e. The molecule has 0 spiro atoms. The van der Waals surface area contributed by atoms with E-state index >= 15 is 0 Å². The zero-order valence-corrected chi connectivity index (χ0v) is 11.2. The molecule has 1 nitrogen and oxygen atoms in total. The third-order valence-corrected chi connectivity index (χ3v) is 3.16. The fourth-order valence-electron chi connectivity index (χ4n) is 1.80. The molecule has 1 heterocycles. The van der Waals surface area contributed by atoms with Gasteiger partial charge < -0.3 is 0 Å². The molecule has 3 heteroatoms. The van der Waals surface area contributed by atoms with Crippen molar-refractivity contribution < 1.29 is 4.39 Å². The van der Waals surface area contributed by atoms with Crippen LogP contribution in [0.2, 0.25) is 0 Å². The molecule has 17 heavy (non-hydrogen) atoms. The number of benzene rings is 1. The number of para-hydroxylation sites is 1. The Labute approximate surface area is 106 Å². The zero-order chi connectivity index (χ0) is 12.6. The first-order valence-corrected chi connectivity index (χ1v) is 6.26. The van der Waals surface area contributed by atoms with Gasteiger partial charge in [0, 0.05) is 22.2 Å². The molecule has 0 aliphatic heterocycles. The summed E-state index contributed by atoms with van der Waals surface area (Å²) >= 11 is 4.31. The molecule has 2 aromatic rings. The van der Waals surface area contributed by atoms with Crippen LogP contribution in [0.3, 0.4) is 0 Å². The lowest BCUT2D eigenvalue weighted by Crippen LogP contribution is -2.14. The van der Waals surface area contributed by atoms with Crippen LogP contribution in [0.15, 0.2) is 24.3 Å². The maximum atomic E-state index is 13.8. The average Bonchev–Trinajstić information content (AvgIpc) is 2.27. The minimum atomic E-state index is -0.267. The summed E-state index contributed by atoms with van der Waals surface area (Å²) < 4.78 is 13.8. The van der Waals surface area contributed by atoms with E-state index in [0.29, 0.717) is 11.3 Å². The predicted octanol–water partition coefficient (Wildman–Crippen LogP) is 4.10. The molecule has 0 N–H and O–H groups in total. The van der Waals surface area contributed by atoms with Gasteiger partial charge in [-0.05, 0) is 17.7 Å². The van der Waals surface area contributed by atoms with Gasteiger partial charge in [-0.2, -0.15) is 12.6 Å². The normalized spacial score (nSPS) is 12.1. The molecule has 0 amide bonds. The monoisotopic (exact) mass is 249 g/mol. The molecule has 0 fully saturated rings. The minimum Gasteiger partial charge on any atom is -0.249 e. The fraction of sp³-hybridized carbons (Fsp3) is 0.357. The van der Waals surface area contributed by atoms with E-state index < -0.39 is 0 Å². The first-order chi connectivity index (χ1) is 7.93. The molecular weight excluding hydrogens is 233 g/mol. The Balaban J connectivity index is 2.81. The van der Waals surface area contributed by atoms with E-state index in [4.69, 9.17) is 0 Å². The quantitative estimate of drug-likeness (QED) is 0.751. The van der Waals surface area contributed by atoms with Gasteiger partial charge in [0.1, 0.15) is 11.3 Å². The number of fused-ring (bicyclic) bond motifs is 1. The van der Waals surface area contributed by atoms with Gasteiger partial charge in [-0.15, -0.1) is 0 Å².